The molecule has 0 aliphatic heterocycles. The smallest absolute Gasteiger partial charge is 0.252 e. The molecule has 0 aliphatic carbocycles. The van der Waals surface area contributed by atoms with Crippen LogP contribution in [0.5, 0.6) is 11.5 Å². The van der Waals surface area contributed by atoms with Crippen molar-refractivity contribution < 1.29 is 18.7 Å². The number of ether oxygens (including phenoxy) is 2. The second-order valence-corrected chi connectivity index (χ2v) is 5.43. The fourth-order valence-electron chi connectivity index (χ4n) is 2.57. The van der Waals surface area contributed by atoms with Crippen molar-refractivity contribution in [2.45, 2.75) is 6.04 Å². The maximum Gasteiger partial charge on any atom is 0.252 e. The molecule has 3 rings (SSSR count). The molecule has 128 valence electrons. The topological polar surface area (TPSA) is 60.7 Å². The van der Waals surface area contributed by atoms with Crippen LogP contribution in [0.2, 0.25) is 0 Å². The molecule has 1 heterocycles. The van der Waals surface area contributed by atoms with E-state index in [0.29, 0.717) is 22.8 Å². The molecule has 0 saturated heterocycles. The van der Waals surface area contributed by atoms with Gasteiger partial charge in [0.15, 0.2) is 0 Å². The Morgan fingerprint density at radius 1 is 0.960 bits per heavy atom. The van der Waals surface area contributed by atoms with E-state index in [1.165, 1.54) is 0 Å². The van der Waals surface area contributed by atoms with Crippen molar-refractivity contribution in [1.29, 1.82) is 0 Å². The highest BCUT2D eigenvalue weighted by molar-refractivity contribution is 5.95. The highest BCUT2D eigenvalue weighted by Gasteiger charge is 2.20. The molecule has 5 heteroatoms. The monoisotopic (exact) mass is 337 g/mol. The van der Waals surface area contributed by atoms with Gasteiger partial charge in [0, 0.05) is 11.6 Å². The van der Waals surface area contributed by atoms with Crippen LogP contribution in [-0.4, -0.2) is 20.1 Å². The van der Waals surface area contributed by atoms with E-state index in [-0.39, 0.29) is 11.9 Å². The molecule has 1 unspecified atom stereocenters. The van der Waals surface area contributed by atoms with Crippen LogP contribution in [0.3, 0.4) is 0 Å². The molecular weight excluding hydrogens is 318 g/mol. The molecule has 1 aromatic heterocycles. The van der Waals surface area contributed by atoms with Crippen molar-refractivity contribution >= 4 is 5.91 Å². The van der Waals surface area contributed by atoms with E-state index in [2.05, 4.69) is 5.32 Å². The van der Waals surface area contributed by atoms with Crippen molar-refractivity contribution in [3.05, 3.63) is 83.8 Å². The number of amides is 1. The average molecular weight is 337 g/mol. The summed E-state index contributed by atoms with van der Waals surface area (Å²) in [5.41, 5.74) is 1.38. The molecule has 0 bridgehead atoms. The Balaban J connectivity index is 1.91. The number of methoxy groups -OCH3 is 2. The summed E-state index contributed by atoms with van der Waals surface area (Å²) in [4.78, 5) is 12.8. The average Bonchev–Trinajstić information content (AvgIpc) is 3.20. The van der Waals surface area contributed by atoms with Crippen LogP contribution in [-0.2, 0) is 0 Å². The Labute approximate surface area is 146 Å². The van der Waals surface area contributed by atoms with Crippen LogP contribution in [0.25, 0.3) is 0 Å². The minimum Gasteiger partial charge on any atom is -0.497 e. The standard InChI is InChI=1S/C20H19NO4/c1-23-16-11-15(12-17(13-16)24-2)20(22)21-19(18-9-6-10-25-18)14-7-4-3-5-8-14/h3-13,19H,1-2H3,(H,21,22). The predicted octanol–water partition coefficient (Wildman–Crippen LogP) is 3.82. The first-order chi connectivity index (χ1) is 12.2. The van der Waals surface area contributed by atoms with Crippen molar-refractivity contribution in [2.75, 3.05) is 14.2 Å². The number of nitrogens with one attached hydrogen (secondary N) is 1. The lowest BCUT2D eigenvalue weighted by molar-refractivity contribution is 0.0938. The molecule has 1 N–H and O–H groups in total. The summed E-state index contributed by atoms with van der Waals surface area (Å²) in [5, 5.41) is 3.01. The number of hydrogen-bond acceptors (Lipinski definition) is 4. The van der Waals surface area contributed by atoms with Gasteiger partial charge in [-0.1, -0.05) is 30.3 Å². The minimum atomic E-state index is -0.388. The lowest BCUT2D eigenvalue weighted by atomic mass is 10.0. The number of rotatable bonds is 6. The zero-order valence-electron chi connectivity index (χ0n) is 14.1. The Bertz CT molecular complexity index is 806. The fourth-order valence-corrected chi connectivity index (χ4v) is 2.57. The highest BCUT2D eigenvalue weighted by atomic mass is 16.5. The molecule has 25 heavy (non-hydrogen) atoms. The second kappa shape index (κ2) is 7.57. The summed E-state index contributed by atoms with van der Waals surface area (Å²) in [6.07, 6.45) is 1.59. The lowest BCUT2D eigenvalue weighted by Gasteiger charge is -2.18. The van der Waals surface area contributed by atoms with Gasteiger partial charge in [-0.25, -0.2) is 0 Å². The van der Waals surface area contributed by atoms with E-state index < -0.39 is 0 Å². The molecule has 2 aromatic carbocycles. The first-order valence-corrected chi connectivity index (χ1v) is 7.83. The van der Waals surface area contributed by atoms with E-state index >= 15 is 0 Å². The molecule has 0 spiro atoms. The van der Waals surface area contributed by atoms with Gasteiger partial charge in [-0.3, -0.25) is 4.79 Å². The third-order valence-corrected chi connectivity index (χ3v) is 3.85. The van der Waals surface area contributed by atoms with Crippen molar-refractivity contribution in [1.82, 2.24) is 5.32 Å². The zero-order valence-corrected chi connectivity index (χ0v) is 14.1. The van der Waals surface area contributed by atoms with Crippen molar-refractivity contribution in [3.63, 3.8) is 0 Å². The largest absolute Gasteiger partial charge is 0.497 e. The van der Waals surface area contributed by atoms with Crippen LogP contribution < -0.4 is 14.8 Å². The van der Waals surface area contributed by atoms with Gasteiger partial charge in [-0.2, -0.15) is 0 Å². The molecule has 0 radical (unpaired) electrons. The van der Waals surface area contributed by atoms with Gasteiger partial charge in [0.25, 0.3) is 5.91 Å². The number of carbonyl (C=O) groups is 1. The number of furan rings is 1. The SMILES string of the molecule is COc1cc(OC)cc(C(=O)NC(c2ccccc2)c2ccco2)c1. The highest BCUT2D eigenvalue weighted by Crippen LogP contribution is 2.25. The van der Waals surface area contributed by atoms with Gasteiger partial charge in [-0.05, 0) is 29.8 Å². The lowest BCUT2D eigenvalue weighted by Crippen LogP contribution is -2.29. The first kappa shape index (κ1) is 16.6. The summed E-state index contributed by atoms with van der Waals surface area (Å²) in [5.74, 6) is 1.52. The van der Waals surface area contributed by atoms with Crippen molar-refractivity contribution in [3.8, 4) is 11.5 Å². The summed E-state index contributed by atoms with van der Waals surface area (Å²) >= 11 is 0. The summed E-state index contributed by atoms with van der Waals surface area (Å²) in [7, 11) is 3.10. The summed E-state index contributed by atoms with van der Waals surface area (Å²) < 4.78 is 16.0. The Morgan fingerprint density at radius 3 is 2.20 bits per heavy atom. The van der Waals surface area contributed by atoms with Gasteiger partial charge in [0.2, 0.25) is 0 Å². The number of hydrogen-bond donors (Lipinski definition) is 1. The van der Waals surface area contributed by atoms with Gasteiger partial charge < -0.3 is 19.2 Å². The molecule has 1 atom stereocenters. The van der Waals surface area contributed by atoms with Crippen molar-refractivity contribution in [2.24, 2.45) is 0 Å². The molecule has 0 saturated carbocycles. The first-order valence-electron chi connectivity index (χ1n) is 7.83. The molecular formula is C20H19NO4. The van der Waals surface area contributed by atoms with E-state index in [4.69, 9.17) is 13.9 Å². The fraction of sp³-hybridized carbons (Fsp3) is 0.150. The van der Waals surface area contributed by atoms with Crippen LogP contribution in [0.4, 0.5) is 0 Å². The zero-order chi connectivity index (χ0) is 17.6. The molecule has 3 aromatic rings. The summed E-state index contributed by atoms with van der Waals surface area (Å²) in [6, 6.07) is 18.0. The van der Waals surface area contributed by atoms with Gasteiger partial charge in [-0.15, -0.1) is 0 Å². The molecule has 0 aliphatic rings. The van der Waals surface area contributed by atoms with Gasteiger partial charge >= 0.3 is 0 Å². The Hall–Kier alpha value is -3.21. The second-order valence-electron chi connectivity index (χ2n) is 5.43. The van der Waals surface area contributed by atoms with E-state index in [0.717, 1.165) is 5.56 Å². The van der Waals surface area contributed by atoms with E-state index in [9.17, 15) is 4.79 Å². The van der Waals surface area contributed by atoms with Crippen LogP contribution in [0.15, 0.2) is 71.3 Å². The minimum absolute atomic E-state index is 0.248. The van der Waals surface area contributed by atoms with Crippen LogP contribution in [0, 0.1) is 0 Å². The van der Waals surface area contributed by atoms with E-state index in [1.807, 2.05) is 36.4 Å². The third kappa shape index (κ3) is 3.83. The van der Waals surface area contributed by atoms with E-state index in [1.54, 1.807) is 44.7 Å². The van der Waals surface area contributed by atoms with Gasteiger partial charge in [0.1, 0.15) is 23.3 Å². The summed E-state index contributed by atoms with van der Waals surface area (Å²) in [6.45, 7) is 0. The molecule has 1 amide bonds. The van der Waals surface area contributed by atoms with Crippen LogP contribution >= 0.6 is 0 Å². The normalized spacial score (nSPS) is 11.6. The maximum atomic E-state index is 12.8. The number of benzene rings is 2. The molecule has 5 nitrogen and oxygen atoms in total. The molecule has 0 fully saturated rings. The predicted molar refractivity (Wildman–Crippen MR) is 94.0 cm³/mol. The Kier molecular flexibility index (Phi) is 5.04. The quantitative estimate of drug-likeness (QED) is 0.743. The maximum absolute atomic E-state index is 12.8. The van der Waals surface area contributed by atoms with Gasteiger partial charge in [0.05, 0.1) is 20.5 Å². The third-order valence-electron chi connectivity index (χ3n) is 3.85. The Morgan fingerprint density at radius 2 is 1.64 bits per heavy atom. The van der Waals surface area contributed by atoms with Crippen LogP contribution in [0.1, 0.15) is 27.7 Å². The number of carbonyl (C=O) groups excluding carboxylic acids is 1.